The molecule has 2 saturated heterocycles. The van der Waals surface area contributed by atoms with E-state index >= 15 is 0 Å². The summed E-state index contributed by atoms with van der Waals surface area (Å²) >= 11 is 0. The van der Waals surface area contributed by atoms with Gasteiger partial charge in [-0.1, -0.05) is 13.3 Å². The van der Waals surface area contributed by atoms with E-state index in [2.05, 4.69) is 32.8 Å². The standard InChI is InChI=1S/C19H30N4O2/c1-3-5-17-14-18(21-15(2)20-17)22-8-4-9-23(11-10-22)19(24)16-6-12-25-13-7-16/h14,16H,3-13H2,1-2H3. The van der Waals surface area contributed by atoms with E-state index in [1.54, 1.807) is 0 Å². The number of hydrogen-bond donors (Lipinski definition) is 0. The number of amides is 1. The van der Waals surface area contributed by atoms with Gasteiger partial charge >= 0.3 is 0 Å². The first-order valence-electron chi connectivity index (χ1n) is 9.63. The van der Waals surface area contributed by atoms with Crippen molar-refractivity contribution in [3.05, 3.63) is 17.6 Å². The predicted molar refractivity (Wildman–Crippen MR) is 97.7 cm³/mol. The Morgan fingerprint density at radius 3 is 2.76 bits per heavy atom. The minimum Gasteiger partial charge on any atom is -0.381 e. The third-order valence-electron chi connectivity index (χ3n) is 5.09. The van der Waals surface area contributed by atoms with Crippen molar-refractivity contribution in [1.29, 1.82) is 0 Å². The molecule has 138 valence electrons. The molecule has 3 heterocycles. The van der Waals surface area contributed by atoms with Crippen molar-refractivity contribution in [3.8, 4) is 0 Å². The Hall–Kier alpha value is -1.69. The minimum absolute atomic E-state index is 0.151. The van der Waals surface area contributed by atoms with Crippen LogP contribution in [0.5, 0.6) is 0 Å². The first-order chi connectivity index (χ1) is 12.2. The fraction of sp³-hybridized carbons (Fsp3) is 0.737. The maximum atomic E-state index is 12.8. The molecule has 6 heteroatoms. The van der Waals surface area contributed by atoms with Crippen LogP contribution >= 0.6 is 0 Å². The number of aromatic nitrogens is 2. The van der Waals surface area contributed by atoms with Gasteiger partial charge in [-0.05, 0) is 32.6 Å². The van der Waals surface area contributed by atoms with Crippen LogP contribution in [0.25, 0.3) is 0 Å². The fourth-order valence-corrected chi connectivity index (χ4v) is 3.73. The Morgan fingerprint density at radius 2 is 2.00 bits per heavy atom. The van der Waals surface area contributed by atoms with Gasteiger partial charge in [0, 0.05) is 57.1 Å². The Bertz CT molecular complexity index is 587. The van der Waals surface area contributed by atoms with Crippen molar-refractivity contribution >= 4 is 11.7 Å². The molecule has 0 saturated carbocycles. The van der Waals surface area contributed by atoms with Crippen molar-refractivity contribution in [1.82, 2.24) is 14.9 Å². The zero-order chi connectivity index (χ0) is 17.6. The van der Waals surface area contributed by atoms with Gasteiger partial charge in [0.15, 0.2) is 0 Å². The molecule has 1 aromatic rings. The van der Waals surface area contributed by atoms with Gasteiger partial charge in [0.1, 0.15) is 11.6 Å². The second-order valence-electron chi connectivity index (χ2n) is 7.07. The molecular formula is C19H30N4O2. The summed E-state index contributed by atoms with van der Waals surface area (Å²) < 4.78 is 5.39. The number of carbonyl (C=O) groups excluding carboxylic acids is 1. The van der Waals surface area contributed by atoms with Crippen molar-refractivity contribution in [2.45, 2.75) is 46.0 Å². The third-order valence-corrected chi connectivity index (χ3v) is 5.09. The van der Waals surface area contributed by atoms with Crippen LogP contribution < -0.4 is 4.90 Å². The predicted octanol–water partition coefficient (Wildman–Crippen LogP) is 2.20. The van der Waals surface area contributed by atoms with E-state index in [0.29, 0.717) is 5.91 Å². The van der Waals surface area contributed by atoms with Crippen LogP contribution in [-0.4, -0.2) is 60.2 Å². The lowest BCUT2D eigenvalue weighted by Crippen LogP contribution is -2.40. The SMILES string of the molecule is CCCc1cc(N2CCCN(C(=O)C3CCOCC3)CC2)nc(C)n1. The number of rotatable bonds is 4. The van der Waals surface area contributed by atoms with Crippen LogP contribution in [0.1, 0.15) is 44.1 Å². The number of aryl methyl sites for hydroxylation is 2. The highest BCUT2D eigenvalue weighted by Gasteiger charge is 2.28. The quantitative estimate of drug-likeness (QED) is 0.836. The number of anilines is 1. The molecule has 1 amide bonds. The molecule has 3 rings (SSSR count). The molecule has 0 bridgehead atoms. The van der Waals surface area contributed by atoms with Gasteiger partial charge in [-0.15, -0.1) is 0 Å². The van der Waals surface area contributed by atoms with E-state index in [1.807, 2.05) is 6.92 Å². The van der Waals surface area contributed by atoms with Crippen molar-refractivity contribution < 1.29 is 9.53 Å². The van der Waals surface area contributed by atoms with Gasteiger partial charge in [0.25, 0.3) is 0 Å². The molecule has 25 heavy (non-hydrogen) atoms. The van der Waals surface area contributed by atoms with Gasteiger partial charge in [-0.25, -0.2) is 9.97 Å². The van der Waals surface area contributed by atoms with Gasteiger partial charge in [0.05, 0.1) is 0 Å². The average molecular weight is 346 g/mol. The third kappa shape index (κ3) is 4.69. The molecule has 1 aromatic heterocycles. The van der Waals surface area contributed by atoms with E-state index in [4.69, 9.17) is 4.74 Å². The summed E-state index contributed by atoms with van der Waals surface area (Å²) in [4.78, 5) is 26.3. The molecule has 2 aliphatic rings. The topological polar surface area (TPSA) is 58.6 Å². The molecule has 0 aromatic carbocycles. The molecule has 6 nitrogen and oxygen atoms in total. The second kappa shape index (κ2) is 8.61. The molecule has 0 spiro atoms. The highest BCUT2D eigenvalue weighted by Crippen LogP contribution is 2.20. The lowest BCUT2D eigenvalue weighted by atomic mass is 9.98. The Balaban J connectivity index is 1.64. The zero-order valence-electron chi connectivity index (χ0n) is 15.5. The zero-order valence-corrected chi connectivity index (χ0v) is 15.5. The van der Waals surface area contributed by atoms with Crippen LogP contribution in [0, 0.1) is 12.8 Å². The molecule has 2 aliphatic heterocycles. The second-order valence-corrected chi connectivity index (χ2v) is 7.07. The van der Waals surface area contributed by atoms with Crippen molar-refractivity contribution in [3.63, 3.8) is 0 Å². The molecule has 2 fully saturated rings. The van der Waals surface area contributed by atoms with Gasteiger partial charge in [-0.3, -0.25) is 4.79 Å². The van der Waals surface area contributed by atoms with Gasteiger partial charge in [0.2, 0.25) is 5.91 Å². The normalized spacial score (nSPS) is 19.8. The number of ether oxygens (including phenoxy) is 1. The summed E-state index contributed by atoms with van der Waals surface area (Å²) in [6.45, 7) is 8.98. The van der Waals surface area contributed by atoms with Crippen LogP contribution in [-0.2, 0) is 16.0 Å². The molecule has 0 atom stereocenters. The van der Waals surface area contributed by atoms with Crippen LogP contribution in [0.4, 0.5) is 5.82 Å². The summed E-state index contributed by atoms with van der Waals surface area (Å²) in [5.74, 6) is 2.31. The fourth-order valence-electron chi connectivity index (χ4n) is 3.73. The van der Waals surface area contributed by atoms with Crippen LogP contribution in [0.2, 0.25) is 0 Å². The number of nitrogens with zero attached hydrogens (tertiary/aromatic N) is 4. The average Bonchev–Trinajstić information content (AvgIpc) is 2.88. The maximum Gasteiger partial charge on any atom is 0.225 e. The van der Waals surface area contributed by atoms with Gasteiger partial charge in [-0.2, -0.15) is 0 Å². The highest BCUT2D eigenvalue weighted by molar-refractivity contribution is 5.79. The maximum absolute atomic E-state index is 12.8. The summed E-state index contributed by atoms with van der Waals surface area (Å²) in [6.07, 6.45) is 4.79. The van der Waals surface area contributed by atoms with Crippen molar-refractivity contribution in [2.24, 2.45) is 5.92 Å². The Morgan fingerprint density at radius 1 is 1.20 bits per heavy atom. The molecule has 0 N–H and O–H groups in total. The Labute approximate surface area is 150 Å². The van der Waals surface area contributed by atoms with E-state index in [-0.39, 0.29) is 5.92 Å². The van der Waals surface area contributed by atoms with E-state index in [9.17, 15) is 4.79 Å². The minimum atomic E-state index is 0.151. The van der Waals surface area contributed by atoms with Crippen molar-refractivity contribution in [2.75, 3.05) is 44.3 Å². The smallest absolute Gasteiger partial charge is 0.225 e. The Kier molecular flexibility index (Phi) is 6.24. The first-order valence-corrected chi connectivity index (χ1v) is 9.63. The lowest BCUT2D eigenvalue weighted by Gasteiger charge is -2.28. The highest BCUT2D eigenvalue weighted by atomic mass is 16.5. The molecule has 0 radical (unpaired) electrons. The molecule has 0 aliphatic carbocycles. The summed E-state index contributed by atoms with van der Waals surface area (Å²) in [6, 6.07) is 2.12. The number of hydrogen-bond acceptors (Lipinski definition) is 5. The van der Waals surface area contributed by atoms with E-state index in [0.717, 1.165) is 88.8 Å². The largest absolute Gasteiger partial charge is 0.381 e. The summed E-state index contributed by atoms with van der Waals surface area (Å²) in [7, 11) is 0. The van der Waals surface area contributed by atoms with Crippen LogP contribution in [0.15, 0.2) is 6.07 Å². The molecular weight excluding hydrogens is 316 g/mol. The summed E-state index contributed by atoms with van der Waals surface area (Å²) in [5, 5.41) is 0. The first kappa shape index (κ1) is 18.1. The number of carbonyl (C=O) groups is 1. The van der Waals surface area contributed by atoms with E-state index in [1.165, 1.54) is 0 Å². The summed E-state index contributed by atoms with van der Waals surface area (Å²) in [5.41, 5.74) is 1.12. The van der Waals surface area contributed by atoms with Gasteiger partial charge < -0.3 is 14.5 Å². The monoisotopic (exact) mass is 346 g/mol. The lowest BCUT2D eigenvalue weighted by molar-refractivity contribution is -0.138. The molecule has 0 unspecified atom stereocenters. The van der Waals surface area contributed by atoms with Crippen LogP contribution in [0.3, 0.4) is 0 Å². The van der Waals surface area contributed by atoms with E-state index < -0.39 is 0 Å².